The first-order valence-electron chi connectivity index (χ1n) is 13.6. The number of hydrogen-bond acceptors (Lipinski definition) is 5. The van der Waals surface area contributed by atoms with E-state index in [9.17, 15) is 10.5 Å². The van der Waals surface area contributed by atoms with Crippen molar-refractivity contribution < 1.29 is 9.53 Å². The Bertz CT molecular complexity index is 1330. The zero-order valence-corrected chi connectivity index (χ0v) is 21.1. The van der Waals surface area contributed by atoms with Crippen molar-refractivity contribution in [3.8, 4) is 17.9 Å². The maximum absolute atomic E-state index is 15.1. The van der Waals surface area contributed by atoms with Crippen LogP contribution in [-0.2, 0) is 4.79 Å². The molecule has 4 aliphatic carbocycles. The number of hydrogen-bond donors (Lipinski definition) is 0. The van der Waals surface area contributed by atoms with Crippen LogP contribution in [0.2, 0.25) is 0 Å². The molecule has 4 saturated carbocycles. The molecule has 0 amide bonds. The van der Waals surface area contributed by atoms with Crippen LogP contribution in [0.4, 0.5) is 5.69 Å². The number of ketones is 1. The second-order valence-electron chi connectivity index (χ2n) is 12.1. The molecular formula is C32H31N3O2. The number of Topliss-reactive ketones (excluding diaryl/α,β-unsaturated/α-hetero) is 1. The van der Waals surface area contributed by atoms with Gasteiger partial charge in [-0.25, -0.2) is 0 Å². The smallest absolute Gasteiger partial charge is 0.176 e. The molecule has 186 valence electrons. The molecule has 3 unspecified atom stereocenters. The number of nitrogens with zero attached hydrogens (tertiary/aromatic N) is 3. The Morgan fingerprint density at radius 3 is 2.16 bits per heavy atom. The SMILES string of the molecule is COc1ccc(C2C(C(=O)C34CC5CC(CC(C5)C3)C4)N3c4ccccc4C=CC3C2(C#N)C#N)cc1. The molecule has 0 spiro atoms. The van der Waals surface area contributed by atoms with Gasteiger partial charge in [-0.05, 0) is 85.6 Å². The maximum atomic E-state index is 15.1. The average Bonchev–Trinajstić information content (AvgIpc) is 3.23. The van der Waals surface area contributed by atoms with Crippen LogP contribution in [0.1, 0.15) is 55.6 Å². The van der Waals surface area contributed by atoms with Gasteiger partial charge in [0.1, 0.15) is 5.75 Å². The molecule has 5 fully saturated rings. The fraction of sp³-hybridized carbons (Fsp3) is 0.469. The number of carbonyl (C=O) groups is 1. The summed E-state index contributed by atoms with van der Waals surface area (Å²) in [7, 11) is 1.63. The van der Waals surface area contributed by atoms with Gasteiger partial charge >= 0.3 is 0 Å². The largest absolute Gasteiger partial charge is 0.497 e. The molecule has 4 bridgehead atoms. The standard InChI is InChI=1S/C32H31N3O2/c1-37-25-9-6-24(7-10-25)28-29(30(36)31-15-20-12-21(16-31)14-22(13-20)17-31)35-26-5-3-2-4-23(26)8-11-27(35)32(28,18-33)19-34/h2-11,20-22,27-29H,12-17H2,1H3. The fourth-order valence-corrected chi connectivity index (χ4v) is 9.15. The van der Waals surface area contributed by atoms with Crippen LogP contribution < -0.4 is 9.64 Å². The van der Waals surface area contributed by atoms with E-state index < -0.39 is 23.4 Å². The Kier molecular flexibility index (Phi) is 4.87. The van der Waals surface area contributed by atoms with Crippen LogP contribution in [0.3, 0.4) is 0 Å². The summed E-state index contributed by atoms with van der Waals surface area (Å²) in [6.45, 7) is 0. The molecule has 2 heterocycles. The van der Waals surface area contributed by atoms with Crippen LogP contribution in [0.25, 0.3) is 6.08 Å². The van der Waals surface area contributed by atoms with Crippen molar-refractivity contribution in [3.05, 3.63) is 65.7 Å². The predicted molar refractivity (Wildman–Crippen MR) is 141 cm³/mol. The molecule has 2 aromatic rings. The van der Waals surface area contributed by atoms with Crippen LogP contribution in [0.15, 0.2) is 54.6 Å². The topological polar surface area (TPSA) is 77.1 Å². The van der Waals surface area contributed by atoms with E-state index in [1.807, 2.05) is 54.6 Å². The third-order valence-corrected chi connectivity index (χ3v) is 10.2. The number of nitriles is 2. The van der Waals surface area contributed by atoms with E-state index in [1.54, 1.807) is 7.11 Å². The highest BCUT2D eigenvalue weighted by atomic mass is 16.5. The van der Waals surface area contributed by atoms with Gasteiger partial charge in [-0.1, -0.05) is 42.5 Å². The quantitative estimate of drug-likeness (QED) is 0.536. The van der Waals surface area contributed by atoms with Gasteiger partial charge in [-0.2, -0.15) is 10.5 Å². The minimum atomic E-state index is -1.39. The molecule has 3 atom stereocenters. The van der Waals surface area contributed by atoms with Crippen LogP contribution in [0, 0.1) is 51.2 Å². The number of carbonyl (C=O) groups excluding carboxylic acids is 1. The van der Waals surface area contributed by atoms with Crippen molar-refractivity contribution in [3.63, 3.8) is 0 Å². The van der Waals surface area contributed by atoms with E-state index in [0.717, 1.165) is 36.1 Å². The van der Waals surface area contributed by atoms with Gasteiger partial charge in [0.25, 0.3) is 0 Å². The van der Waals surface area contributed by atoms with E-state index >= 15 is 4.79 Å². The first-order chi connectivity index (χ1) is 18.0. The van der Waals surface area contributed by atoms with Gasteiger partial charge in [-0.3, -0.25) is 4.79 Å². The minimum absolute atomic E-state index is 0.259. The average molecular weight is 490 g/mol. The van der Waals surface area contributed by atoms with Crippen molar-refractivity contribution in [2.24, 2.45) is 28.6 Å². The zero-order valence-electron chi connectivity index (χ0n) is 21.1. The maximum Gasteiger partial charge on any atom is 0.176 e. The molecule has 1 saturated heterocycles. The Morgan fingerprint density at radius 2 is 1.57 bits per heavy atom. The summed E-state index contributed by atoms with van der Waals surface area (Å²) in [5.74, 6) is 2.32. The Hall–Kier alpha value is -3.57. The van der Waals surface area contributed by atoms with E-state index in [4.69, 9.17) is 4.74 Å². The fourth-order valence-electron chi connectivity index (χ4n) is 9.15. The molecule has 2 aliphatic heterocycles. The summed E-state index contributed by atoms with van der Waals surface area (Å²) < 4.78 is 5.40. The molecule has 6 aliphatic rings. The molecule has 0 radical (unpaired) electrons. The van der Waals surface area contributed by atoms with Gasteiger partial charge < -0.3 is 9.64 Å². The molecular weight excluding hydrogens is 458 g/mol. The molecule has 0 N–H and O–H groups in total. The van der Waals surface area contributed by atoms with Crippen molar-refractivity contribution >= 4 is 17.5 Å². The summed E-state index contributed by atoms with van der Waals surface area (Å²) in [5, 5.41) is 21.4. The third-order valence-electron chi connectivity index (χ3n) is 10.2. The summed E-state index contributed by atoms with van der Waals surface area (Å²) in [6, 6.07) is 19.6. The lowest BCUT2D eigenvalue weighted by atomic mass is 9.47. The highest BCUT2D eigenvalue weighted by Gasteiger charge is 2.66. The highest BCUT2D eigenvalue weighted by Crippen LogP contribution is 2.63. The Morgan fingerprint density at radius 1 is 0.946 bits per heavy atom. The molecule has 2 aromatic carbocycles. The summed E-state index contributed by atoms with van der Waals surface area (Å²) in [5.41, 5.74) is 1.10. The van der Waals surface area contributed by atoms with Crippen molar-refractivity contribution in [2.45, 2.75) is 56.5 Å². The van der Waals surface area contributed by atoms with Crippen LogP contribution in [-0.4, -0.2) is 25.0 Å². The lowest BCUT2D eigenvalue weighted by Crippen LogP contribution is -2.56. The number of rotatable bonds is 4. The zero-order chi connectivity index (χ0) is 25.4. The molecule has 8 rings (SSSR count). The Balaban J connectivity index is 1.43. The van der Waals surface area contributed by atoms with Crippen LogP contribution in [0.5, 0.6) is 5.75 Å². The number of ether oxygens (including phenoxy) is 1. The predicted octanol–water partition coefficient (Wildman–Crippen LogP) is 5.88. The Labute approximate surface area is 218 Å². The van der Waals surface area contributed by atoms with Gasteiger partial charge in [0.15, 0.2) is 11.2 Å². The normalized spacial score (nSPS) is 35.8. The number of methoxy groups -OCH3 is 1. The number of anilines is 1. The van der Waals surface area contributed by atoms with Crippen molar-refractivity contribution in [2.75, 3.05) is 12.0 Å². The molecule has 5 nitrogen and oxygen atoms in total. The van der Waals surface area contributed by atoms with Gasteiger partial charge in [0.2, 0.25) is 0 Å². The molecule has 5 heteroatoms. The van der Waals surface area contributed by atoms with Gasteiger partial charge in [0, 0.05) is 17.0 Å². The first kappa shape index (κ1) is 22.6. The van der Waals surface area contributed by atoms with Crippen LogP contribution >= 0.6 is 0 Å². The van der Waals surface area contributed by atoms with E-state index in [2.05, 4.69) is 23.1 Å². The van der Waals surface area contributed by atoms with Gasteiger partial charge in [0.05, 0.1) is 31.3 Å². The molecule has 0 aromatic heterocycles. The third kappa shape index (κ3) is 3.04. The second-order valence-corrected chi connectivity index (χ2v) is 12.1. The lowest BCUT2D eigenvalue weighted by molar-refractivity contribution is -0.145. The summed E-state index contributed by atoms with van der Waals surface area (Å²) >= 11 is 0. The lowest BCUT2D eigenvalue weighted by Gasteiger charge is -2.57. The molecule has 37 heavy (non-hydrogen) atoms. The number of fused-ring (bicyclic) bond motifs is 3. The van der Waals surface area contributed by atoms with E-state index in [-0.39, 0.29) is 11.2 Å². The van der Waals surface area contributed by atoms with Crippen molar-refractivity contribution in [1.29, 1.82) is 10.5 Å². The van der Waals surface area contributed by atoms with Gasteiger partial charge in [-0.15, -0.1) is 0 Å². The van der Waals surface area contributed by atoms with Crippen molar-refractivity contribution in [1.82, 2.24) is 0 Å². The number of benzene rings is 2. The highest BCUT2D eigenvalue weighted by molar-refractivity contribution is 5.97. The van der Waals surface area contributed by atoms with E-state index in [1.165, 1.54) is 19.3 Å². The summed E-state index contributed by atoms with van der Waals surface area (Å²) in [4.78, 5) is 17.2. The minimum Gasteiger partial charge on any atom is -0.497 e. The number of para-hydroxylation sites is 1. The van der Waals surface area contributed by atoms with E-state index in [0.29, 0.717) is 23.5 Å². The first-order valence-corrected chi connectivity index (χ1v) is 13.6. The summed E-state index contributed by atoms with van der Waals surface area (Å²) in [6.07, 6.45) is 10.7. The second kappa shape index (κ2) is 7.96. The monoisotopic (exact) mass is 489 g/mol.